The summed E-state index contributed by atoms with van der Waals surface area (Å²) in [6.45, 7) is 5.99. The molecule has 0 saturated carbocycles. The largest absolute Gasteiger partial charge is 0.480 e. The maximum Gasteiger partial charge on any atom is 0.323 e. The van der Waals surface area contributed by atoms with Crippen LogP contribution in [0, 0.1) is 0 Å². The van der Waals surface area contributed by atoms with Gasteiger partial charge in [0, 0.05) is 6.54 Å². The molecule has 0 spiro atoms. The van der Waals surface area contributed by atoms with Crippen molar-refractivity contribution < 1.29 is 9.90 Å². The Morgan fingerprint density at radius 3 is 2.95 bits per heavy atom. The van der Waals surface area contributed by atoms with Gasteiger partial charge >= 0.3 is 5.97 Å². The van der Waals surface area contributed by atoms with Gasteiger partial charge in [-0.3, -0.25) is 9.69 Å². The van der Waals surface area contributed by atoms with Crippen molar-refractivity contribution in [2.24, 2.45) is 0 Å². The molecule has 1 aliphatic rings. The number of unbranched alkanes of at least 4 members (excludes halogenated alkanes) is 1. The lowest BCUT2D eigenvalue weighted by Gasteiger charge is -2.41. The number of aliphatic carboxylic acids is 1. The summed E-state index contributed by atoms with van der Waals surface area (Å²) in [5.41, 5.74) is -0.806. The van der Waals surface area contributed by atoms with Gasteiger partial charge < -0.3 is 5.11 Å². The number of piperidine rings is 1. The number of carboxylic acid groups (broad SMARTS) is 1. The quantitative estimate of drug-likeness (QED) is 0.846. The summed E-state index contributed by atoms with van der Waals surface area (Å²) in [4.78, 5) is 13.6. The van der Waals surface area contributed by atoms with Crippen molar-refractivity contribution in [3.8, 4) is 0 Å². The standard InChI is InChI=1S/C13H23N5O2/c1-3-4-9-18-11(14-15-16-18)10-17-8-6-5-7-13(17,2)12(19)20/h3-10H2,1-2H3,(H,19,20). The number of rotatable bonds is 6. The van der Waals surface area contributed by atoms with E-state index in [0.717, 1.165) is 44.6 Å². The van der Waals surface area contributed by atoms with E-state index in [2.05, 4.69) is 22.4 Å². The van der Waals surface area contributed by atoms with E-state index in [1.54, 1.807) is 11.6 Å². The van der Waals surface area contributed by atoms with Gasteiger partial charge in [-0.05, 0) is 49.6 Å². The fraction of sp³-hybridized carbons (Fsp3) is 0.846. The third kappa shape index (κ3) is 2.98. The third-order valence-electron chi connectivity index (χ3n) is 4.16. The molecule has 0 radical (unpaired) electrons. The molecule has 1 aromatic heterocycles. The lowest BCUT2D eigenvalue weighted by Crippen LogP contribution is -2.54. The molecule has 7 heteroatoms. The third-order valence-corrected chi connectivity index (χ3v) is 4.16. The van der Waals surface area contributed by atoms with Crippen LogP contribution in [0.4, 0.5) is 0 Å². The lowest BCUT2D eigenvalue weighted by molar-refractivity contribution is -0.153. The summed E-state index contributed by atoms with van der Waals surface area (Å²) < 4.78 is 1.79. The van der Waals surface area contributed by atoms with Crippen molar-refractivity contribution in [3.05, 3.63) is 5.82 Å². The number of tetrazole rings is 1. The smallest absolute Gasteiger partial charge is 0.323 e. The summed E-state index contributed by atoms with van der Waals surface area (Å²) in [5.74, 6) is -0.00222. The first-order chi connectivity index (χ1) is 9.58. The van der Waals surface area contributed by atoms with Gasteiger partial charge in [0.1, 0.15) is 5.54 Å². The Morgan fingerprint density at radius 2 is 2.25 bits per heavy atom. The Balaban J connectivity index is 2.11. The van der Waals surface area contributed by atoms with Crippen molar-refractivity contribution >= 4 is 5.97 Å². The highest BCUT2D eigenvalue weighted by atomic mass is 16.4. The SMILES string of the molecule is CCCCn1nnnc1CN1CCCCC1(C)C(=O)O. The number of likely N-dealkylation sites (tertiary alicyclic amines) is 1. The van der Waals surface area contributed by atoms with Crippen LogP contribution < -0.4 is 0 Å². The Labute approximate surface area is 119 Å². The molecule has 2 heterocycles. The zero-order valence-electron chi connectivity index (χ0n) is 12.2. The molecule has 0 aromatic carbocycles. The van der Waals surface area contributed by atoms with E-state index in [9.17, 15) is 9.90 Å². The maximum atomic E-state index is 11.6. The van der Waals surface area contributed by atoms with Gasteiger partial charge in [-0.1, -0.05) is 13.3 Å². The van der Waals surface area contributed by atoms with E-state index in [-0.39, 0.29) is 0 Å². The average Bonchev–Trinajstić information content (AvgIpc) is 2.86. The van der Waals surface area contributed by atoms with E-state index >= 15 is 0 Å². The molecule has 7 nitrogen and oxygen atoms in total. The van der Waals surface area contributed by atoms with Crippen LogP contribution in [0.1, 0.15) is 51.8 Å². The van der Waals surface area contributed by atoms with Gasteiger partial charge in [-0.15, -0.1) is 5.10 Å². The van der Waals surface area contributed by atoms with Gasteiger partial charge in [0.25, 0.3) is 0 Å². The van der Waals surface area contributed by atoms with Crippen molar-refractivity contribution in [2.45, 2.75) is 64.6 Å². The first-order valence-electron chi connectivity index (χ1n) is 7.31. The molecule has 0 aliphatic carbocycles. The molecular formula is C13H23N5O2. The molecule has 0 bridgehead atoms. The minimum absolute atomic E-state index is 0.500. The lowest BCUT2D eigenvalue weighted by atomic mass is 9.88. The Bertz CT molecular complexity index is 461. The van der Waals surface area contributed by atoms with Crippen LogP contribution in [0.2, 0.25) is 0 Å². The molecule has 112 valence electrons. The Kier molecular flexibility index (Phi) is 4.69. The highest BCUT2D eigenvalue weighted by Crippen LogP contribution is 2.29. The summed E-state index contributed by atoms with van der Waals surface area (Å²) >= 11 is 0. The molecule has 1 atom stereocenters. The number of carbonyl (C=O) groups is 1. The Hall–Kier alpha value is -1.50. The fourth-order valence-corrected chi connectivity index (χ4v) is 2.66. The van der Waals surface area contributed by atoms with Crippen molar-refractivity contribution in [2.75, 3.05) is 6.54 Å². The normalized spacial score (nSPS) is 23.9. The van der Waals surface area contributed by atoms with Gasteiger partial charge in [0.15, 0.2) is 5.82 Å². The second-order valence-electron chi connectivity index (χ2n) is 5.63. The molecule has 1 unspecified atom stereocenters. The second kappa shape index (κ2) is 6.30. The van der Waals surface area contributed by atoms with E-state index < -0.39 is 11.5 Å². The molecule has 1 N–H and O–H groups in total. The van der Waals surface area contributed by atoms with Crippen LogP contribution in [0.3, 0.4) is 0 Å². The minimum atomic E-state index is -0.806. The zero-order valence-corrected chi connectivity index (χ0v) is 12.2. The number of aryl methyl sites for hydroxylation is 1. The van der Waals surface area contributed by atoms with Crippen LogP contribution in [-0.4, -0.2) is 48.3 Å². The molecule has 1 fully saturated rings. The first kappa shape index (κ1) is 14.9. The van der Waals surface area contributed by atoms with Crippen molar-refractivity contribution in [1.29, 1.82) is 0 Å². The van der Waals surface area contributed by atoms with E-state index in [4.69, 9.17) is 0 Å². The summed E-state index contributed by atoms with van der Waals surface area (Å²) in [6.07, 6.45) is 4.77. The number of hydrogen-bond acceptors (Lipinski definition) is 5. The van der Waals surface area contributed by atoms with E-state index in [1.165, 1.54) is 0 Å². The van der Waals surface area contributed by atoms with Crippen molar-refractivity contribution in [3.63, 3.8) is 0 Å². The van der Waals surface area contributed by atoms with Crippen LogP contribution >= 0.6 is 0 Å². The van der Waals surface area contributed by atoms with Crippen molar-refractivity contribution in [1.82, 2.24) is 25.1 Å². The van der Waals surface area contributed by atoms with Crippen LogP contribution in [0.15, 0.2) is 0 Å². The van der Waals surface area contributed by atoms with Crippen LogP contribution in [-0.2, 0) is 17.9 Å². The van der Waals surface area contributed by atoms with Crippen LogP contribution in [0.5, 0.6) is 0 Å². The van der Waals surface area contributed by atoms with Gasteiger partial charge in [-0.2, -0.15) is 0 Å². The second-order valence-corrected chi connectivity index (χ2v) is 5.63. The summed E-state index contributed by atoms with van der Waals surface area (Å²) in [6, 6.07) is 0. The highest BCUT2D eigenvalue weighted by Gasteiger charge is 2.41. The van der Waals surface area contributed by atoms with E-state index in [0.29, 0.717) is 13.0 Å². The summed E-state index contributed by atoms with van der Waals surface area (Å²) in [5, 5.41) is 21.3. The predicted octanol–water partition coefficient (Wildman–Crippen LogP) is 1.30. The molecule has 1 saturated heterocycles. The molecule has 0 amide bonds. The highest BCUT2D eigenvalue weighted by molar-refractivity contribution is 5.78. The molecule has 20 heavy (non-hydrogen) atoms. The molecule has 1 aromatic rings. The minimum Gasteiger partial charge on any atom is -0.480 e. The number of aromatic nitrogens is 4. The van der Waals surface area contributed by atoms with Gasteiger partial charge in [0.05, 0.1) is 6.54 Å². The zero-order chi connectivity index (χ0) is 14.6. The predicted molar refractivity (Wildman–Crippen MR) is 73.0 cm³/mol. The topological polar surface area (TPSA) is 84.1 Å². The van der Waals surface area contributed by atoms with Gasteiger partial charge in [0.2, 0.25) is 0 Å². The number of nitrogens with zero attached hydrogens (tertiary/aromatic N) is 5. The average molecular weight is 281 g/mol. The monoisotopic (exact) mass is 281 g/mol. The Morgan fingerprint density at radius 1 is 1.45 bits per heavy atom. The fourth-order valence-electron chi connectivity index (χ4n) is 2.66. The molecular weight excluding hydrogens is 258 g/mol. The molecule has 1 aliphatic heterocycles. The first-order valence-corrected chi connectivity index (χ1v) is 7.31. The van der Waals surface area contributed by atoms with E-state index in [1.807, 2.05) is 4.90 Å². The summed E-state index contributed by atoms with van der Waals surface area (Å²) in [7, 11) is 0. The van der Waals surface area contributed by atoms with Crippen LogP contribution in [0.25, 0.3) is 0 Å². The molecule has 2 rings (SSSR count). The maximum absolute atomic E-state index is 11.6. The van der Waals surface area contributed by atoms with Gasteiger partial charge in [-0.25, -0.2) is 4.68 Å². The number of carboxylic acids is 1. The number of hydrogen-bond donors (Lipinski definition) is 1.